The molecule has 0 atom stereocenters. The molecule has 0 radical (unpaired) electrons. The van der Waals surface area contributed by atoms with E-state index in [1.54, 1.807) is 11.3 Å². The summed E-state index contributed by atoms with van der Waals surface area (Å²) in [6, 6.07) is 9.59. The third-order valence-electron chi connectivity index (χ3n) is 2.57. The molecule has 0 unspecified atom stereocenters. The van der Waals surface area contributed by atoms with E-state index in [9.17, 15) is 9.18 Å². The minimum atomic E-state index is -0.339. The molecular weight excluding hydrogens is 263 g/mol. The second kappa shape index (κ2) is 7.01. The van der Waals surface area contributed by atoms with Crippen molar-refractivity contribution >= 4 is 17.2 Å². The third-order valence-corrected chi connectivity index (χ3v) is 3.45. The number of hydrogen-bond acceptors (Lipinski definition) is 3. The van der Waals surface area contributed by atoms with Crippen molar-refractivity contribution < 1.29 is 9.18 Å². The largest absolute Gasteiger partial charge is 0.351 e. The van der Waals surface area contributed by atoms with Gasteiger partial charge >= 0.3 is 0 Å². The number of halogens is 1. The van der Waals surface area contributed by atoms with Crippen LogP contribution >= 0.6 is 11.3 Å². The number of amides is 1. The molecule has 1 amide bonds. The van der Waals surface area contributed by atoms with Crippen LogP contribution in [0, 0.1) is 5.82 Å². The number of hydrogen-bond donors (Lipinski definition) is 2. The van der Waals surface area contributed by atoms with E-state index in [0.717, 1.165) is 6.54 Å². The zero-order chi connectivity index (χ0) is 13.5. The summed E-state index contributed by atoms with van der Waals surface area (Å²) in [6.45, 7) is 2.05. The summed E-state index contributed by atoms with van der Waals surface area (Å²) in [5, 5.41) is 8.05. The van der Waals surface area contributed by atoms with Crippen LogP contribution < -0.4 is 10.6 Å². The predicted octanol–water partition coefficient (Wildman–Crippen LogP) is 2.41. The Kier molecular flexibility index (Phi) is 5.06. The number of nitrogens with one attached hydrogen (secondary N) is 2. The van der Waals surface area contributed by atoms with Gasteiger partial charge in [-0.1, -0.05) is 6.07 Å². The SMILES string of the molecule is O=C(NCCNCc1cccs1)c1ccc(F)cc1. The van der Waals surface area contributed by atoms with E-state index in [0.29, 0.717) is 18.7 Å². The smallest absolute Gasteiger partial charge is 0.251 e. The average Bonchev–Trinajstić information content (AvgIpc) is 2.92. The Bertz CT molecular complexity index is 511. The van der Waals surface area contributed by atoms with Crippen molar-refractivity contribution in [1.82, 2.24) is 10.6 Å². The van der Waals surface area contributed by atoms with Crippen LogP contribution in [-0.2, 0) is 6.54 Å². The van der Waals surface area contributed by atoms with Crippen LogP contribution in [0.1, 0.15) is 15.2 Å². The van der Waals surface area contributed by atoms with Gasteiger partial charge in [-0.15, -0.1) is 11.3 Å². The van der Waals surface area contributed by atoms with Crippen molar-refractivity contribution in [3.05, 3.63) is 58.0 Å². The molecule has 0 saturated heterocycles. The molecule has 0 aliphatic carbocycles. The quantitative estimate of drug-likeness (QED) is 0.797. The maximum atomic E-state index is 12.7. The summed E-state index contributed by atoms with van der Waals surface area (Å²) < 4.78 is 12.7. The molecule has 19 heavy (non-hydrogen) atoms. The molecule has 2 rings (SSSR count). The third kappa shape index (κ3) is 4.46. The van der Waals surface area contributed by atoms with Gasteiger partial charge < -0.3 is 10.6 Å². The van der Waals surface area contributed by atoms with E-state index in [2.05, 4.69) is 16.7 Å². The monoisotopic (exact) mass is 278 g/mol. The minimum Gasteiger partial charge on any atom is -0.351 e. The fraction of sp³-hybridized carbons (Fsp3) is 0.214. The molecular formula is C14H15FN2OS. The predicted molar refractivity (Wildman–Crippen MR) is 74.8 cm³/mol. The molecule has 5 heteroatoms. The Morgan fingerprint density at radius 2 is 1.95 bits per heavy atom. The number of rotatable bonds is 6. The maximum absolute atomic E-state index is 12.7. The van der Waals surface area contributed by atoms with Gasteiger partial charge in [0.25, 0.3) is 5.91 Å². The lowest BCUT2D eigenvalue weighted by atomic mass is 10.2. The van der Waals surface area contributed by atoms with Gasteiger partial charge in [-0.3, -0.25) is 4.79 Å². The van der Waals surface area contributed by atoms with Gasteiger partial charge in [0, 0.05) is 30.1 Å². The van der Waals surface area contributed by atoms with Crippen molar-refractivity contribution in [2.45, 2.75) is 6.54 Å². The van der Waals surface area contributed by atoms with E-state index in [1.807, 2.05) is 11.4 Å². The molecule has 0 aliphatic rings. The van der Waals surface area contributed by atoms with Gasteiger partial charge in [0.05, 0.1) is 0 Å². The molecule has 0 aliphatic heterocycles. The van der Waals surface area contributed by atoms with Gasteiger partial charge in [-0.2, -0.15) is 0 Å². The molecule has 2 aromatic rings. The Morgan fingerprint density at radius 1 is 1.16 bits per heavy atom. The summed E-state index contributed by atoms with van der Waals surface area (Å²) >= 11 is 1.70. The minimum absolute atomic E-state index is 0.182. The van der Waals surface area contributed by atoms with Crippen molar-refractivity contribution in [1.29, 1.82) is 0 Å². The lowest BCUT2D eigenvalue weighted by Gasteiger charge is -2.06. The lowest BCUT2D eigenvalue weighted by molar-refractivity contribution is 0.0954. The van der Waals surface area contributed by atoms with Gasteiger partial charge in [-0.25, -0.2) is 4.39 Å². The van der Waals surface area contributed by atoms with E-state index in [-0.39, 0.29) is 11.7 Å². The first kappa shape index (κ1) is 13.7. The molecule has 1 heterocycles. The van der Waals surface area contributed by atoms with Crippen molar-refractivity contribution in [3.8, 4) is 0 Å². The fourth-order valence-electron chi connectivity index (χ4n) is 1.59. The highest BCUT2D eigenvalue weighted by molar-refractivity contribution is 7.09. The fourth-order valence-corrected chi connectivity index (χ4v) is 2.27. The van der Waals surface area contributed by atoms with Crippen molar-refractivity contribution in [3.63, 3.8) is 0 Å². The molecule has 3 nitrogen and oxygen atoms in total. The van der Waals surface area contributed by atoms with Crippen LogP contribution in [0.25, 0.3) is 0 Å². The Labute approximate surface area is 115 Å². The van der Waals surface area contributed by atoms with Crippen LogP contribution in [-0.4, -0.2) is 19.0 Å². The zero-order valence-electron chi connectivity index (χ0n) is 10.4. The average molecular weight is 278 g/mol. The highest BCUT2D eigenvalue weighted by Gasteiger charge is 2.04. The Morgan fingerprint density at radius 3 is 2.63 bits per heavy atom. The zero-order valence-corrected chi connectivity index (χ0v) is 11.2. The second-order valence-electron chi connectivity index (χ2n) is 4.02. The van der Waals surface area contributed by atoms with Gasteiger partial charge in [0.15, 0.2) is 0 Å². The lowest BCUT2D eigenvalue weighted by Crippen LogP contribution is -2.31. The van der Waals surface area contributed by atoms with Crippen LogP contribution in [0.15, 0.2) is 41.8 Å². The highest BCUT2D eigenvalue weighted by Crippen LogP contribution is 2.06. The normalized spacial score (nSPS) is 10.4. The molecule has 1 aromatic heterocycles. The molecule has 1 aromatic carbocycles. The van der Waals surface area contributed by atoms with Crippen LogP contribution in [0.5, 0.6) is 0 Å². The molecule has 100 valence electrons. The van der Waals surface area contributed by atoms with Gasteiger partial charge in [-0.05, 0) is 35.7 Å². The summed E-state index contributed by atoms with van der Waals surface area (Å²) in [5.41, 5.74) is 0.472. The van der Waals surface area contributed by atoms with E-state index in [1.165, 1.54) is 29.1 Å². The number of benzene rings is 1. The molecule has 0 fully saturated rings. The first-order chi connectivity index (χ1) is 9.25. The van der Waals surface area contributed by atoms with E-state index >= 15 is 0 Å². The topological polar surface area (TPSA) is 41.1 Å². The second-order valence-corrected chi connectivity index (χ2v) is 5.05. The molecule has 0 saturated carbocycles. The Hall–Kier alpha value is -1.72. The first-order valence-corrected chi connectivity index (χ1v) is 6.90. The highest BCUT2D eigenvalue weighted by atomic mass is 32.1. The summed E-state index contributed by atoms with van der Waals surface area (Å²) in [5.74, 6) is -0.521. The van der Waals surface area contributed by atoms with Crippen molar-refractivity contribution in [2.24, 2.45) is 0 Å². The maximum Gasteiger partial charge on any atom is 0.251 e. The van der Waals surface area contributed by atoms with E-state index in [4.69, 9.17) is 0 Å². The Balaban J connectivity index is 1.65. The van der Waals surface area contributed by atoms with Crippen LogP contribution in [0.3, 0.4) is 0 Å². The van der Waals surface area contributed by atoms with E-state index < -0.39 is 0 Å². The number of carbonyl (C=O) groups excluding carboxylic acids is 1. The standard InChI is InChI=1S/C14H15FN2OS/c15-12-5-3-11(4-6-12)14(18)17-8-7-16-10-13-2-1-9-19-13/h1-6,9,16H,7-8,10H2,(H,17,18). The summed E-state index contributed by atoms with van der Waals surface area (Å²) in [6.07, 6.45) is 0. The number of carbonyl (C=O) groups is 1. The van der Waals surface area contributed by atoms with Gasteiger partial charge in [0.1, 0.15) is 5.82 Å². The molecule has 2 N–H and O–H groups in total. The molecule has 0 bridgehead atoms. The van der Waals surface area contributed by atoms with Gasteiger partial charge in [0.2, 0.25) is 0 Å². The summed E-state index contributed by atoms with van der Waals surface area (Å²) in [7, 11) is 0. The first-order valence-electron chi connectivity index (χ1n) is 6.02. The number of thiophene rings is 1. The molecule has 0 spiro atoms. The van der Waals surface area contributed by atoms with Crippen LogP contribution in [0.2, 0.25) is 0 Å². The van der Waals surface area contributed by atoms with Crippen LogP contribution in [0.4, 0.5) is 4.39 Å². The van der Waals surface area contributed by atoms with Crippen molar-refractivity contribution in [2.75, 3.05) is 13.1 Å². The summed E-state index contributed by atoms with van der Waals surface area (Å²) in [4.78, 5) is 13.0.